The van der Waals surface area contributed by atoms with Gasteiger partial charge < -0.3 is 14.5 Å². The molecule has 2 aromatic rings. The van der Waals surface area contributed by atoms with E-state index in [1.807, 2.05) is 24.3 Å². The van der Waals surface area contributed by atoms with Crippen molar-refractivity contribution in [3.8, 4) is 0 Å². The lowest BCUT2D eigenvalue weighted by atomic mass is 10.2. The average molecular weight is 346 g/mol. The normalized spacial score (nSPS) is 14.6. The van der Waals surface area contributed by atoms with Crippen LogP contribution in [0.1, 0.15) is 17.3 Å². The molecule has 5 nitrogen and oxygen atoms in total. The van der Waals surface area contributed by atoms with Crippen LogP contribution < -0.4 is 9.80 Å². The zero-order valence-corrected chi connectivity index (χ0v) is 14.4. The maximum Gasteiger partial charge on any atom is 0.341 e. The summed E-state index contributed by atoms with van der Waals surface area (Å²) in [7, 11) is 0. The maximum atomic E-state index is 12.1. The van der Waals surface area contributed by atoms with Gasteiger partial charge in [0.05, 0.1) is 6.61 Å². The third-order valence-corrected chi connectivity index (χ3v) is 4.30. The van der Waals surface area contributed by atoms with Crippen LogP contribution in [0.4, 0.5) is 11.5 Å². The van der Waals surface area contributed by atoms with Crippen molar-refractivity contribution in [2.75, 3.05) is 42.6 Å². The fraction of sp³-hybridized carbons (Fsp3) is 0.333. The zero-order chi connectivity index (χ0) is 16.9. The van der Waals surface area contributed by atoms with E-state index in [-0.39, 0.29) is 5.97 Å². The molecule has 0 saturated carbocycles. The molecule has 0 aliphatic carbocycles. The third kappa shape index (κ3) is 3.62. The van der Waals surface area contributed by atoms with Crippen molar-refractivity contribution in [1.29, 1.82) is 0 Å². The molecule has 2 heterocycles. The Morgan fingerprint density at radius 3 is 2.46 bits per heavy atom. The summed E-state index contributed by atoms with van der Waals surface area (Å²) < 4.78 is 5.13. The number of nitrogens with zero attached hydrogens (tertiary/aromatic N) is 3. The van der Waals surface area contributed by atoms with Gasteiger partial charge in [-0.25, -0.2) is 9.78 Å². The first-order chi connectivity index (χ1) is 11.7. The molecule has 6 heteroatoms. The van der Waals surface area contributed by atoms with Gasteiger partial charge in [-0.2, -0.15) is 0 Å². The summed E-state index contributed by atoms with van der Waals surface area (Å²) in [6, 6.07) is 11.4. The van der Waals surface area contributed by atoms with Gasteiger partial charge in [-0.15, -0.1) is 0 Å². The van der Waals surface area contributed by atoms with E-state index in [0.29, 0.717) is 18.0 Å². The van der Waals surface area contributed by atoms with Crippen molar-refractivity contribution >= 4 is 29.1 Å². The van der Waals surface area contributed by atoms with Crippen molar-refractivity contribution in [1.82, 2.24) is 4.98 Å². The molecule has 1 aliphatic heterocycles. The van der Waals surface area contributed by atoms with Gasteiger partial charge in [-0.1, -0.05) is 11.6 Å². The lowest BCUT2D eigenvalue weighted by Gasteiger charge is -2.37. The van der Waals surface area contributed by atoms with Crippen LogP contribution in [-0.4, -0.2) is 43.7 Å². The van der Waals surface area contributed by atoms with Crippen LogP contribution in [0.2, 0.25) is 5.02 Å². The Hall–Kier alpha value is -2.27. The molecule has 1 aromatic heterocycles. The molecule has 3 rings (SSSR count). The quantitative estimate of drug-likeness (QED) is 0.796. The standard InChI is InChI=1S/C18H20ClN3O2/c1-2-24-18(23)16-4-3-9-20-17(16)22-12-10-21(11-13-22)15-7-5-14(19)6-8-15/h3-9H,2,10-13H2,1H3. The molecule has 1 saturated heterocycles. The first-order valence-corrected chi connectivity index (χ1v) is 8.44. The zero-order valence-electron chi connectivity index (χ0n) is 13.6. The second-order valence-electron chi connectivity index (χ2n) is 5.55. The summed E-state index contributed by atoms with van der Waals surface area (Å²) in [5.41, 5.74) is 1.69. The lowest BCUT2D eigenvalue weighted by Crippen LogP contribution is -2.47. The van der Waals surface area contributed by atoms with Gasteiger partial charge in [0.15, 0.2) is 0 Å². The van der Waals surface area contributed by atoms with E-state index in [1.165, 1.54) is 0 Å². The van der Waals surface area contributed by atoms with Gasteiger partial charge in [-0.3, -0.25) is 0 Å². The van der Waals surface area contributed by atoms with Crippen molar-refractivity contribution in [2.45, 2.75) is 6.92 Å². The number of piperazine rings is 1. The molecule has 1 fully saturated rings. The Labute approximate surface area is 146 Å². The van der Waals surface area contributed by atoms with Gasteiger partial charge in [0.2, 0.25) is 0 Å². The van der Waals surface area contributed by atoms with Crippen LogP contribution >= 0.6 is 11.6 Å². The summed E-state index contributed by atoms with van der Waals surface area (Å²) in [4.78, 5) is 21.0. The highest BCUT2D eigenvalue weighted by molar-refractivity contribution is 6.30. The molecule has 126 valence electrons. The number of carbonyl (C=O) groups is 1. The molecular weight excluding hydrogens is 326 g/mol. The van der Waals surface area contributed by atoms with Gasteiger partial charge in [0.25, 0.3) is 0 Å². The van der Waals surface area contributed by atoms with Crippen LogP contribution in [0, 0.1) is 0 Å². The minimum atomic E-state index is -0.319. The van der Waals surface area contributed by atoms with Crippen LogP contribution in [0.15, 0.2) is 42.6 Å². The molecule has 0 spiro atoms. The Balaban J connectivity index is 1.71. The molecule has 1 aliphatic rings. The number of halogens is 1. The van der Waals surface area contributed by atoms with Crippen molar-refractivity contribution in [3.05, 3.63) is 53.2 Å². The minimum Gasteiger partial charge on any atom is -0.462 e. The molecule has 0 amide bonds. The highest BCUT2D eigenvalue weighted by Gasteiger charge is 2.23. The molecule has 0 bridgehead atoms. The van der Waals surface area contributed by atoms with Crippen LogP contribution in [-0.2, 0) is 4.74 Å². The summed E-state index contributed by atoms with van der Waals surface area (Å²) in [5, 5.41) is 0.741. The van der Waals surface area contributed by atoms with Crippen molar-refractivity contribution in [3.63, 3.8) is 0 Å². The van der Waals surface area contributed by atoms with Gasteiger partial charge in [-0.05, 0) is 43.3 Å². The summed E-state index contributed by atoms with van der Waals surface area (Å²) in [5.74, 6) is 0.382. The van der Waals surface area contributed by atoms with E-state index in [2.05, 4.69) is 14.8 Å². The number of rotatable bonds is 4. The smallest absolute Gasteiger partial charge is 0.341 e. The van der Waals surface area contributed by atoms with Gasteiger partial charge in [0.1, 0.15) is 11.4 Å². The van der Waals surface area contributed by atoms with Gasteiger partial charge >= 0.3 is 5.97 Å². The van der Waals surface area contributed by atoms with E-state index >= 15 is 0 Å². The number of carbonyl (C=O) groups excluding carboxylic acids is 1. The van der Waals surface area contributed by atoms with Crippen LogP contribution in [0.5, 0.6) is 0 Å². The van der Waals surface area contributed by atoms with Gasteiger partial charge in [0, 0.05) is 43.1 Å². The SMILES string of the molecule is CCOC(=O)c1cccnc1N1CCN(c2ccc(Cl)cc2)CC1. The first kappa shape index (κ1) is 16.6. The van der Waals surface area contributed by atoms with E-state index in [0.717, 1.165) is 36.9 Å². The third-order valence-electron chi connectivity index (χ3n) is 4.05. The molecule has 0 unspecified atom stereocenters. The number of anilines is 2. The molecule has 1 aromatic carbocycles. The lowest BCUT2D eigenvalue weighted by molar-refractivity contribution is 0.0526. The summed E-state index contributed by atoms with van der Waals surface area (Å²) in [6.07, 6.45) is 1.71. The molecule has 24 heavy (non-hydrogen) atoms. The predicted octanol–water partition coefficient (Wildman–Crippen LogP) is 3.24. The number of hydrogen-bond donors (Lipinski definition) is 0. The number of ether oxygens (including phenoxy) is 1. The van der Waals surface area contributed by atoms with Crippen molar-refractivity contribution < 1.29 is 9.53 Å². The maximum absolute atomic E-state index is 12.1. The number of pyridine rings is 1. The Morgan fingerprint density at radius 2 is 1.79 bits per heavy atom. The Bertz CT molecular complexity index is 698. The minimum absolute atomic E-state index is 0.319. The van der Waals surface area contributed by atoms with Crippen LogP contribution in [0.3, 0.4) is 0 Å². The summed E-state index contributed by atoms with van der Waals surface area (Å²) >= 11 is 5.95. The number of aromatic nitrogens is 1. The fourth-order valence-electron chi connectivity index (χ4n) is 2.85. The summed E-state index contributed by atoms with van der Waals surface area (Å²) in [6.45, 7) is 5.48. The highest BCUT2D eigenvalue weighted by Crippen LogP contribution is 2.23. The first-order valence-electron chi connectivity index (χ1n) is 8.06. The average Bonchev–Trinajstić information content (AvgIpc) is 2.63. The molecular formula is C18H20ClN3O2. The highest BCUT2D eigenvalue weighted by atomic mass is 35.5. The number of hydrogen-bond acceptors (Lipinski definition) is 5. The Kier molecular flexibility index (Phi) is 5.20. The molecule has 0 radical (unpaired) electrons. The predicted molar refractivity (Wildman–Crippen MR) is 96.1 cm³/mol. The van der Waals surface area contributed by atoms with Crippen molar-refractivity contribution in [2.24, 2.45) is 0 Å². The van der Waals surface area contributed by atoms with E-state index < -0.39 is 0 Å². The van der Waals surface area contributed by atoms with E-state index in [1.54, 1.807) is 25.3 Å². The number of esters is 1. The topological polar surface area (TPSA) is 45.7 Å². The fourth-order valence-corrected chi connectivity index (χ4v) is 2.97. The second kappa shape index (κ2) is 7.53. The number of benzene rings is 1. The molecule has 0 N–H and O–H groups in total. The monoisotopic (exact) mass is 345 g/mol. The molecule has 0 atom stereocenters. The Morgan fingerprint density at radius 1 is 1.12 bits per heavy atom. The largest absolute Gasteiger partial charge is 0.462 e. The van der Waals surface area contributed by atoms with E-state index in [9.17, 15) is 4.79 Å². The van der Waals surface area contributed by atoms with E-state index in [4.69, 9.17) is 16.3 Å². The van der Waals surface area contributed by atoms with Crippen LogP contribution in [0.25, 0.3) is 0 Å². The second-order valence-corrected chi connectivity index (χ2v) is 5.98.